The van der Waals surface area contributed by atoms with E-state index in [1.54, 1.807) is 7.11 Å². The molecule has 0 atom stereocenters. The number of fused-ring (bicyclic) bond motifs is 1. The Hall–Kier alpha value is -1.85. The van der Waals surface area contributed by atoms with Crippen LogP contribution >= 0.6 is 23.5 Å². The maximum Gasteiger partial charge on any atom is 0.189 e. The zero-order valence-corrected chi connectivity index (χ0v) is 13.8. The van der Waals surface area contributed by atoms with E-state index in [0.717, 1.165) is 22.5 Å². The molecule has 2 aromatic carbocycles. The zero-order valence-electron chi connectivity index (χ0n) is 12.2. The van der Waals surface area contributed by atoms with Crippen molar-refractivity contribution in [3.8, 4) is 5.75 Å². The molecule has 3 aromatic rings. The first-order chi connectivity index (χ1) is 10.7. The fourth-order valence-corrected chi connectivity index (χ4v) is 3.21. The third-order valence-corrected chi connectivity index (χ3v) is 4.49. The second-order valence-electron chi connectivity index (χ2n) is 4.69. The summed E-state index contributed by atoms with van der Waals surface area (Å²) >= 11 is 7.64. The molecular formula is C16H15ClN2O2S. The van der Waals surface area contributed by atoms with Crippen LogP contribution in [0.2, 0.25) is 5.02 Å². The van der Waals surface area contributed by atoms with Crippen molar-refractivity contribution in [2.24, 2.45) is 0 Å². The highest BCUT2D eigenvalue weighted by Gasteiger charge is 2.13. The number of rotatable bonds is 5. The van der Waals surface area contributed by atoms with Gasteiger partial charge in [0.25, 0.3) is 0 Å². The van der Waals surface area contributed by atoms with Gasteiger partial charge in [0.1, 0.15) is 5.75 Å². The molecule has 22 heavy (non-hydrogen) atoms. The summed E-state index contributed by atoms with van der Waals surface area (Å²) in [5.74, 6) is 1.42. The van der Waals surface area contributed by atoms with Crippen LogP contribution in [-0.4, -0.2) is 12.3 Å². The summed E-state index contributed by atoms with van der Waals surface area (Å²) in [7, 11) is 1.66. The van der Waals surface area contributed by atoms with Gasteiger partial charge in [-0.2, -0.15) is 0 Å². The molecule has 0 aliphatic rings. The first-order valence-electron chi connectivity index (χ1n) is 6.86. The van der Waals surface area contributed by atoms with Crippen molar-refractivity contribution in [1.82, 2.24) is 5.16 Å². The smallest absolute Gasteiger partial charge is 0.189 e. The number of methoxy groups -OCH3 is 1. The van der Waals surface area contributed by atoms with E-state index in [1.807, 2.05) is 24.3 Å². The molecule has 1 aromatic heterocycles. The molecule has 0 aliphatic heterocycles. The third kappa shape index (κ3) is 2.87. The van der Waals surface area contributed by atoms with E-state index < -0.39 is 0 Å². The van der Waals surface area contributed by atoms with E-state index in [0.29, 0.717) is 16.4 Å². The molecule has 0 unspecified atom stereocenters. The summed E-state index contributed by atoms with van der Waals surface area (Å²) in [5.41, 5.74) is 1.90. The highest BCUT2D eigenvalue weighted by atomic mass is 35.5. The van der Waals surface area contributed by atoms with E-state index in [9.17, 15) is 0 Å². The number of ether oxygens (including phenoxy) is 1. The number of nitrogens with one attached hydrogen (secondary N) is 1. The SMILES string of the molecule is CCc1ccc(OC)c(SNc2noc3cccc(Cl)c23)c1. The minimum absolute atomic E-state index is 0.606. The molecule has 1 heterocycles. The first-order valence-corrected chi connectivity index (χ1v) is 8.06. The van der Waals surface area contributed by atoms with Gasteiger partial charge in [0.15, 0.2) is 11.4 Å². The van der Waals surface area contributed by atoms with Crippen LogP contribution in [0, 0.1) is 0 Å². The Morgan fingerprint density at radius 2 is 2.18 bits per heavy atom. The largest absolute Gasteiger partial charge is 0.496 e. The van der Waals surface area contributed by atoms with Gasteiger partial charge in [0.05, 0.1) is 22.4 Å². The topological polar surface area (TPSA) is 47.3 Å². The van der Waals surface area contributed by atoms with Crippen molar-refractivity contribution in [2.45, 2.75) is 18.2 Å². The van der Waals surface area contributed by atoms with E-state index in [-0.39, 0.29) is 0 Å². The standard InChI is InChI=1S/C16H15ClN2O2S/c1-3-10-7-8-12(20-2)14(9-10)22-19-16-15-11(17)5-4-6-13(15)21-18-16/h4-9H,3H2,1-2H3,(H,18,19). The molecule has 0 radical (unpaired) electrons. The molecule has 0 fully saturated rings. The summed E-state index contributed by atoms with van der Waals surface area (Å²) in [5, 5.41) is 5.42. The summed E-state index contributed by atoms with van der Waals surface area (Å²) in [4.78, 5) is 0.991. The molecular weight excluding hydrogens is 320 g/mol. The van der Waals surface area contributed by atoms with Gasteiger partial charge in [-0.3, -0.25) is 0 Å². The molecule has 0 aliphatic carbocycles. The van der Waals surface area contributed by atoms with Crippen molar-refractivity contribution >= 4 is 40.3 Å². The summed E-state index contributed by atoms with van der Waals surface area (Å²) in [6, 6.07) is 11.6. The number of anilines is 1. The second kappa shape index (κ2) is 6.50. The lowest BCUT2D eigenvalue weighted by atomic mass is 10.2. The van der Waals surface area contributed by atoms with Crippen LogP contribution in [0.4, 0.5) is 5.82 Å². The predicted molar refractivity (Wildman–Crippen MR) is 90.9 cm³/mol. The lowest BCUT2D eigenvalue weighted by molar-refractivity contribution is 0.404. The lowest BCUT2D eigenvalue weighted by Crippen LogP contribution is -1.93. The summed E-state index contributed by atoms with van der Waals surface area (Å²) in [6.07, 6.45) is 0.969. The van der Waals surface area contributed by atoms with Gasteiger partial charge in [-0.25, -0.2) is 0 Å². The fraction of sp³-hybridized carbons (Fsp3) is 0.188. The Kier molecular flexibility index (Phi) is 4.45. The van der Waals surface area contributed by atoms with Crippen LogP contribution in [0.15, 0.2) is 45.8 Å². The van der Waals surface area contributed by atoms with Crippen LogP contribution in [0.25, 0.3) is 11.0 Å². The number of nitrogens with zero attached hydrogens (tertiary/aromatic N) is 1. The maximum atomic E-state index is 6.22. The molecule has 6 heteroatoms. The Morgan fingerprint density at radius 1 is 1.32 bits per heavy atom. The van der Waals surface area contributed by atoms with Crippen molar-refractivity contribution < 1.29 is 9.26 Å². The maximum absolute atomic E-state index is 6.22. The highest BCUT2D eigenvalue weighted by molar-refractivity contribution is 8.00. The van der Waals surface area contributed by atoms with E-state index in [1.165, 1.54) is 17.5 Å². The van der Waals surface area contributed by atoms with Crippen LogP contribution in [0.1, 0.15) is 12.5 Å². The molecule has 4 nitrogen and oxygen atoms in total. The number of aromatic nitrogens is 1. The van der Waals surface area contributed by atoms with Gasteiger partial charge in [-0.15, -0.1) is 0 Å². The van der Waals surface area contributed by atoms with E-state index in [2.05, 4.69) is 28.9 Å². The Labute approximate surface area is 137 Å². The number of hydrogen-bond donors (Lipinski definition) is 1. The Balaban J connectivity index is 1.88. The summed E-state index contributed by atoms with van der Waals surface area (Å²) in [6.45, 7) is 2.12. The molecule has 0 spiro atoms. The number of benzene rings is 2. The molecule has 114 valence electrons. The lowest BCUT2D eigenvalue weighted by Gasteiger charge is -2.10. The average molecular weight is 335 g/mol. The van der Waals surface area contributed by atoms with Crippen molar-refractivity contribution in [3.05, 3.63) is 47.0 Å². The van der Waals surface area contributed by atoms with Gasteiger partial charge >= 0.3 is 0 Å². The summed E-state index contributed by atoms with van der Waals surface area (Å²) < 4.78 is 13.9. The number of aryl methyl sites for hydroxylation is 1. The van der Waals surface area contributed by atoms with Gasteiger partial charge in [0.2, 0.25) is 0 Å². The van der Waals surface area contributed by atoms with Gasteiger partial charge in [0, 0.05) is 0 Å². The minimum atomic E-state index is 0.606. The van der Waals surface area contributed by atoms with Gasteiger partial charge < -0.3 is 14.0 Å². The van der Waals surface area contributed by atoms with Gasteiger partial charge in [-0.1, -0.05) is 35.8 Å². The van der Waals surface area contributed by atoms with Crippen molar-refractivity contribution in [3.63, 3.8) is 0 Å². The van der Waals surface area contributed by atoms with E-state index >= 15 is 0 Å². The molecule has 0 amide bonds. The van der Waals surface area contributed by atoms with E-state index in [4.69, 9.17) is 20.9 Å². The van der Waals surface area contributed by atoms with Crippen molar-refractivity contribution in [2.75, 3.05) is 11.8 Å². The quantitative estimate of drug-likeness (QED) is 0.652. The number of halogens is 1. The van der Waals surface area contributed by atoms with Crippen LogP contribution in [0.3, 0.4) is 0 Å². The second-order valence-corrected chi connectivity index (χ2v) is 5.94. The van der Waals surface area contributed by atoms with Crippen LogP contribution in [-0.2, 0) is 6.42 Å². The Bertz CT molecular complexity index is 804. The average Bonchev–Trinajstić information content (AvgIpc) is 2.97. The third-order valence-electron chi connectivity index (χ3n) is 3.34. The molecule has 0 bridgehead atoms. The molecule has 0 saturated heterocycles. The predicted octanol–water partition coefficient (Wildman–Crippen LogP) is 5.17. The van der Waals surface area contributed by atoms with Gasteiger partial charge in [-0.05, 0) is 48.2 Å². The first kappa shape index (κ1) is 15.1. The normalized spacial score (nSPS) is 10.9. The minimum Gasteiger partial charge on any atom is -0.496 e. The van der Waals surface area contributed by atoms with Crippen LogP contribution < -0.4 is 9.46 Å². The molecule has 1 N–H and O–H groups in total. The van der Waals surface area contributed by atoms with Crippen molar-refractivity contribution in [1.29, 1.82) is 0 Å². The highest BCUT2D eigenvalue weighted by Crippen LogP contribution is 2.35. The monoisotopic (exact) mass is 334 g/mol. The molecule has 3 rings (SSSR count). The zero-order chi connectivity index (χ0) is 15.5. The Morgan fingerprint density at radius 3 is 2.95 bits per heavy atom. The fourth-order valence-electron chi connectivity index (χ4n) is 2.14. The number of hydrogen-bond acceptors (Lipinski definition) is 5. The molecule has 0 saturated carbocycles. The van der Waals surface area contributed by atoms with Crippen LogP contribution in [0.5, 0.6) is 5.75 Å².